The summed E-state index contributed by atoms with van der Waals surface area (Å²) in [5.74, 6) is 0.799. The molecule has 0 saturated heterocycles. The Labute approximate surface area is 170 Å². The Bertz CT molecular complexity index is 962. The van der Waals surface area contributed by atoms with E-state index in [-0.39, 0.29) is 5.91 Å². The predicted octanol–water partition coefficient (Wildman–Crippen LogP) is 3.47. The molecule has 0 saturated carbocycles. The van der Waals surface area contributed by atoms with Crippen LogP contribution in [0.15, 0.2) is 39.4 Å². The van der Waals surface area contributed by atoms with Crippen molar-refractivity contribution in [3.05, 3.63) is 35.4 Å². The average Bonchev–Trinajstić information content (AvgIpc) is 3.36. The molecule has 0 radical (unpaired) electrons. The van der Waals surface area contributed by atoms with Crippen LogP contribution in [0.25, 0.3) is 11.6 Å². The lowest BCUT2D eigenvalue weighted by Gasteiger charge is -2.14. The Morgan fingerprint density at radius 2 is 2.11 bits per heavy atom. The zero-order valence-corrected chi connectivity index (χ0v) is 17.3. The van der Waals surface area contributed by atoms with Gasteiger partial charge in [-0.25, -0.2) is 0 Å². The fraction of sp³-hybridized carbons (Fsp3) is 0.333. The molecule has 0 bridgehead atoms. The summed E-state index contributed by atoms with van der Waals surface area (Å²) < 4.78 is 7.42. The number of carbonyl (C=O) groups is 2. The monoisotopic (exact) mass is 419 g/mol. The summed E-state index contributed by atoms with van der Waals surface area (Å²) in [7, 11) is 0. The quantitative estimate of drug-likeness (QED) is 0.540. The number of hydrogen-bond acceptors (Lipinski definition) is 7. The minimum atomic E-state index is -0.573. The van der Waals surface area contributed by atoms with E-state index in [0.717, 1.165) is 0 Å². The van der Waals surface area contributed by atoms with Gasteiger partial charge in [0, 0.05) is 6.54 Å². The van der Waals surface area contributed by atoms with Crippen molar-refractivity contribution in [1.29, 1.82) is 0 Å². The molecule has 3 rings (SSSR count). The molecule has 0 aromatic carbocycles. The molecule has 3 aromatic heterocycles. The molecule has 3 N–H and O–H groups in total. The highest BCUT2D eigenvalue weighted by molar-refractivity contribution is 8.00. The van der Waals surface area contributed by atoms with Crippen LogP contribution in [0.5, 0.6) is 0 Å². The number of thioether (sulfide) groups is 1. The number of amides is 2. The van der Waals surface area contributed by atoms with E-state index in [1.807, 2.05) is 10.6 Å². The van der Waals surface area contributed by atoms with Gasteiger partial charge in [0.05, 0.1) is 17.1 Å². The standard InChI is InChI=1S/C18H21N5O3S2/c1-10(2)9-23-15(13-5-4-7-26-13)21-22-18(23)28-11(3)16(25)20-17-12(14(19)24)6-8-27-17/h4-8,10-11H,9H2,1-3H3,(H2,19,24)(H,20,25). The third kappa shape index (κ3) is 4.45. The molecule has 0 aliphatic rings. The molecule has 1 atom stereocenters. The fourth-order valence-corrected chi connectivity index (χ4v) is 4.17. The maximum atomic E-state index is 12.6. The third-order valence-corrected chi connectivity index (χ3v) is 5.74. The van der Waals surface area contributed by atoms with Gasteiger partial charge < -0.3 is 15.5 Å². The molecule has 8 nitrogen and oxygen atoms in total. The van der Waals surface area contributed by atoms with Gasteiger partial charge in [-0.1, -0.05) is 25.6 Å². The molecule has 0 spiro atoms. The van der Waals surface area contributed by atoms with Crippen molar-refractivity contribution in [2.24, 2.45) is 11.7 Å². The Kier molecular flexibility index (Phi) is 6.20. The lowest BCUT2D eigenvalue weighted by Crippen LogP contribution is -2.24. The van der Waals surface area contributed by atoms with Gasteiger partial charge in [0.2, 0.25) is 5.91 Å². The lowest BCUT2D eigenvalue weighted by molar-refractivity contribution is -0.115. The molecule has 0 aliphatic carbocycles. The summed E-state index contributed by atoms with van der Waals surface area (Å²) in [5.41, 5.74) is 5.63. The minimum absolute atomic E-state index is 0.242. The number of nitrogens with zero attached hydrogens (tertiary/aromatic N) is 3. The number of carbonyl (C=O) groups excluding carboxylic acids is 2. The largest absolute Gasteiger partial charge is 0.461 e. The number of primary amides is 1. The van der Waals surface area contributed by atoms with E-state index < -0.39 is 11.2 Å². The van der Waals surface area contributed by atoms with Gasteiger partial charge >= 0.3 is 0 Å². The molecule has 0 aliphatic heterocycles. The molecule has 3 heterocycles. The highest BCUT2D eigenvalue weighted by atomic mass is 32.2. The van der Waals surface area contributed by atoms with Crippen LogP contribution in [-0.4, -0.2) is 31.8 Å². The van der Waals surface area contributed by atoms with Crippen molar-refractivity contribution in [2.75, 3.05) is 5.32 Å². The maximum absolute atomic E-state index is 12.6. The zero-order chi connectivity index (χ0) is 20.3. The molecular weight excluding hydrogens is 398 g/mol. The van der Waals surface area contributed by atoms with E-state index in [1.54, 1.807) is 30.7 Å². The van der Waals surface area contributed by atoms with E-state index in [0.29, 0.717) is 39.8 Å². The summed E-state index contributed by atoms with van der Waals surface area (Å²) in [6, 6.07) is 5.22. The highest BCUT2D eigenvalue weighted by Crippen LogP contribution is 2.29. The number of anilines is 1. The average molecular weight is 420 g/mol. The van der Waals surface area contributed by atoms with Gasteiger partial charge in [0.1, 0.15) is 5.00 Å². The summed E-state index contributed by atoms with van der Waals surface area (Å²) in [5, 5.41) is 13.6. The third-order valence-electron chi connectivity index (χ3n) is 3.82. The van der Waals surface area contributed by atoms with Crippen LogP contribution in [0.2, 0.25) is 0 Å². The zero-order valence-electron chi connectivity index (χ0n) is 15.7. The van der Waals surface area contributed by atoms with Crippen LogP contribution in [0.3, 0.4) is 0 Å². The summed E-state index contributed by atoms with van der Waals surface area (Å²) in [6.07, 6.45) is 1.59. The summed E-state index contributed by atoms with van der Waals surface area (Å²) in [4.78, 5) is 24.0. The van der Waals surface area contributed by atoms with Crippen LogP contribution in [0.4, 0.5) is 5.00 Å². The van der Waals surface area contributed by atoms with Gasteiger partial charge in [0.25, 0.3) is 5.91 Å². The topological polar surface area (TPSA) is 116 Å². The van der Waals surface area contributed by atoms with Crippen molar-refractivity contribution in [3.63, 3.8) is 0 Å². The second-order valence-corrected chi connectivity index (χ2v) is 8.79. The molecule has 3 aromatic rings. The van der Waals surface area contributed by atoms with E-state index in [1.165, 1.54) is 23.1 Å². The molecule has 10 heteroatoms. The first-order valence-corrected chi connectivity index (χ1v) is 10.4. The van der Waals surface area contributed by atoms with Gasteiger partial charge in [-0.2, -0.15) is 0 Å². The fourth-order valence-electron chi connectivity index (χ4n) is 2.52. The Morgan fingerprint density at radius 3 is 2.75 bits per heavy atom. The number of rotatable bonds is 8. The second-order valence-electron chi connectivity index (χ2n) is 6.56. The number of nitrogens with one attached hydrogen (secondary N) is 1. The summed E-state index contributed by atoms with van der Waals surface area (Å²) >= 11 is 2.55. The smallest absolute Gasteiger partial charge is 0.251 e. The van der Waals surface area contributed by atoms with E-state index in [4.69, 9.17) is 10.2 Å². The Morgan fingerprint density at radius 1 is 1.32 bits per heavy atom. The van der Waals surface area contributed by atoms with Crippen molar-refractivity contribution in [2.45, 2.75) is 37.7 Å². The molecule has 148 valence electrons. The molecule has 1 unspecified atom stereocenters. The van der Waals surface area contributed by atoms with E-state index in [2.05, 4.69) is 29.4 Å². The second kappa shape index (κ2) is 8.61. The number of thiophene rings is 1. The molecule has 2 amide bonds. The maximum Gasteiger partial charge on any atom is 0.251 e. The first-order valence-electron chi connectivity index (χ1n) is 8.68. The lowest BCUT2D eigenvalue weighted by atomic mass is 10.2. The van der Waals surface area contributed by atoms with Gasteiger partial charge in [-0.15, -0.1) is 21.5 Å². The van der Waals surface area contributed by atoms with Crippen molar-refractivity contribution in [3.8, 4) is 11.6 Å². The minimum Gasteiger partial charge on any atom is -0.461 e. The highest BCUT2D eigenvalue weighted by Gasteiger charge is 2.23. The van der Waals surface area contributed by atoms with Crippen molar-refractivity contribution < 1.29 is 14.0 Å². The Balaban J connectivity index is 1.77. The molecule has 0 fully saturated rings. The van der Waals surface area contributed by atoms with Crippen LogP contribution >= 0.6 is 23.1 Å². The van der Waals surface area contributed by atoms with Gasteiger partial charge in [-0.05, 0) is 36.4 Å². The van der Waals surface area contributed by atoms with Crippen LogP contribution in [0.1, 0.15) is 31.1 Å². The number of aromatic nitrogens is 3. The van der Waals surface area contributed by atoms with E-state index in [9.17, 15) is 9.59 Å². The molecular formula is C18H21N5O3S2. The first kappa shape index (κ1) is 20.2. The number of hydrogen-bond donors (Lipinski definition) is 2. The predicted molar refractivity (Wildman–Crippen MR) is 109 cm³/mol. The van der Waals surface area contributed by atoms with E-state index >= 15 is 0 Å². The molecule has 28 heavy (non-hydrogen) atoms. The number of nitrogens with two attached hydrogens (primary N) is 1. The van der Waals surface area contributed by atoms with Crippen LogP contribution < -0.4 is 11.1 Å². The Hall–Kier alpha value is -2.59. The van der Waals surface area contributed by atoms with Gasteiger partial charge in [0.15, 0.2) is 16.7 Å². The SMILES string of the molecule is CC(C)Cn1c(SC(C)C(=O)Nc2sccc2C(N)=O)nnc1-c1ccco1. The van der Waals surface area contributed by atoms with Gasteiger partial charge in [-0.3, -0.25) is 14.2 Å². The summed E-state index contributed by atoms with van der Waals surface area (Å²) in [6.45, 7) is 6.66. The van der Waals surface area contributed by atoms with Crippen LogP contribution in [-0.2, 0) is 11.3 Å². The van der Waals surface area contributed by atoms with Crippen molar-refractivity contribution in [1.82, 2.24) is 14.8 Å². The normalized spacial score (nSPS) is 12.3. The van der Waals surface area contributed by atoms with Crippen LogP contribution in [0, 0.1) is 5.92 Å². The first-order chi connectivity index (χ1) is 13.4. The number of furan rings is 1. The van der Waals surface area contributed by atoms with Crippen molar-refractivity contribution >= 4 is 39.9 Å².